The van der Waals surface area contributed by atoms with Crippen molar-refractivity contribution in [3.63, 3.8) is 0 Å². The molecule has 1 aliphatic rings. The van der Waals surface area contributed by atoms with Gasteiger partial charge in [-0.05, 0) is 19.3 Å². The number of hydroxylamine groups is 1. The molecule has 0 aromatic carbocycles. The van der Waals surface area contributed by atoms with Crippen molar-refractivity contribution in [1.29, 1.82) is 0 Å². The quantitative estimate of drug-likeness (QED) is 0.323. The number of carbonyl (C=O) groups excluding carboxylic acids is 1. The summed E-state index contributed by atoms with van der Waals surface area (Å²) in [4.78, 5) is 10.8. The second-order valence-corrected chi connectivity index (χ2v) is 2.67. The topological polar surface area (TPSA) is 49.3 Å². The van der Waals surface area contributed by atoms with E-state index in [1.54, 1.807) is 5.48 Å². The SMILES string of the molecule is C=C1CCC(C(=O)NO)C1. The molecule has 0 radical (unpaired) electrons. The average Bonchev–Trinajstić information content (AvgIpc) is 2.34. The summed E-state index contributed by atoms with van der Waals surface area (Å²) in [5.41, 5.74) is 2.75. The largest absolute Gasteiger partial charge is 0.289 e. The van der Waals surface area contributed by atoms with E-state index >= 15 is 0 Å². The molecule has 0 spiro atoms. The first-order valence-electron chi connectivity index (χ1n) is 3.34. The van der Waals surface area contributed by atoms with Crippen LogP contribution in [0.2, 0.25) is 0 Å². The van der Waals surface area contributed by atoms with Gasteiger partial charge in [-0.25, -0.2) is 5.48 Å². The monoisotopic (exact) mass is 141 g/mol. The van der Waals surface area contributed by atoms with Gasteiger partial charge in [-0.2, -0.15) is 0 Å². The van der Waals surface area contributed by atoms with Gasteiger partial charge in [-0.1, -0.05) is 12.2 Å². The van der Waals surface area contributed by atoms with Gasteiger partial charge >= 0.3 is 0 Å². The molecule has 56 valence electrons. The molecule has 1 fully saturated rings. The predicted molar refractivity (Wildman–Crippen MR) is 36.4 cm³/mol. The molecule has 0 aromatic rings. The second kappa shape index (κ2) is 2.84. The number of hydrogen-bond donors (Lipinski definition) is 2. The molecule has 1 aliphatic carbocycles. The fourth-order valence-corrected chi connectivity index (χ4v) is 1.25. The number of allylic oxidation sites excluding steroid dienone is 1. The van der Waals surface area contributed by atoms with Gasteiger partial charge in [0.1, 0.15) is 0 Å². The Bertz CT molecular complexity index is 165. The molecule has 1 atom stereocenters. The Labute approximate surface area is 59.7 Å². The van der Waals surface area contributed by atoms with Crippen molar-refractivity contribution in [3.05, 3.63) is 12.2 Å². The summed E-state index contributed by atoms with van der Waals surface area (Å²) in [5, 5.41) is 8.25. The molecule has 0 aliphatic heterocycles. The van der Waals surface area contributed by atoms with Crippen LogP contribution in [0.4, 0.5) is 0 Å². The van der Waals surface area contributed by atoms with Gasteiger partial charge in [0.2, 0.25) is 5.91 Å². The van der Waals surface area contributed by atoms with E-state index in [1.165, 1.54) is 0 Å². The summed E-state index contributed by atoms with van der Waals surface area (Å²) in [6, 6.07) is 0. The Morgan fingerprint density at radius 2 is 2.50 bits per heavy atom. The lowest BCUT2D eigenvalue weighted by molar-refractivity contribution is -0.133. The maximum absolute atomic E-state index is 10.8. The van der Waals surface area contributed by atoms with Crippen LogP contribution in [-0.2, 0) is 4.79 Å². The van der Waals surface area contributed by atoms with Crippen molar-refractivity contribution in [2.24, 2.45) is 5.92 Å². The van der Waals surface area contributed by atoms with E-state index in [1.807, 2.05) is 0 Å². The van der Waals surface area contributed by atoms with E-state index in [2.05, 4.69) is 6.58 Å². The summed E-state index contributed by atoms with van der Waals surface area (Å²) in [5.74, 6) is -0.323. The molecule has 3 nitrogen and oxygen atoms in total. The molecule has 1 amide bonds. The number of hydrogen-bond acceptors (Lipinski definition) is 2. The summed E-state index contributed by atoms with van der Waals surface area (Å²) in [6.07, 6.45) is 2.47. The van der Waals surface area contributed by atoms with Gasteiger partial charge in [0.25, 0.3) is 0 Å². The zero-order valence-corrected chi connectivity index (χ0v) is 5.76. The Balaban J connectivity index is 2.44. The first kappa shape index (κ1) is 7.28. The van der Waals surface area contributed by atoms with E-state index in [0.29, 0.717) is 0 Å². The highest BCUT2D eigenvalue weighted by atomic mass is 16.5. The maximum atomic E-state index is 10.8. The fraction of sp³-hybridized carbons (Fsp3) is 0.571. The smallest absolute Gasteiger partial charge is 0.246 e. The standard InChI is InChI=1S/C7H11NO2/c1-5-2-3-6(4-5)7(9)8-10/h6,10H,1-4H2,(H,8,9). The van der Waals surface area contributed by atoms with Crippen molar-refractivity contribution < 1.29 is 10.0 Å². The van der Waals surface area contributed by atoms with Crippen LogP contribution in [0.3, 0.4) is 0 Å². The predicted octanol–water partition coefficient (Wildman–Crippen LogP) is 0.848. The number of amides is 1. The minimum Gasteiger partial charge on any atom is -0.289 e. The van der Waals surface area contributed by atoms with E-state index in [0.717, 1.165) is 24.8 Å². The van der Waals surface area contributed by atoms with Crippen molar-refractivity contribution in [1.82, 2.24) is 5.48 Å². The molecule has 1 saturated carbocycles. The van der Waals surface area contributed by atoms with Gasteiger partial charge in [0.15, 0.2) is 0 Å². The van der Waals surface area contributed by atoms with E-state index in [-0.39, 0.29) is 11.8 Å². The Kier molecular flexibility index (Phi) is 2.06. The highest BCUT2D eigenvalue weighted by Gasteiger charge is 2.24. The van der Waals surface area contributed by atoms with Gasteiger partial charge < -0.3 is 0 Å². The first-order chi connectivity index (χ1) is 4.74. The Morgan fingerprint density at radius 3 is 2.90 bits per heavy atom. The maximum Gasteiger partial charge on any atom is 0.246 e. The average molecular weight is 141 g/mol. The molecule has 10 heavy (non-hydrogen) atoms. The second-order valence-electron chi connectivity index (χ2n) is 2.67. The fourth-order valence-electron chi connectivity index (χ4n) is 1.25. The van der Waals surface area contributed by atoms with Crippen LogP contribution in [-0.4, -0.2) is 11.1 Å². The summed E-state index contributed by atoms with van der Waals surface area (Å²) in [6.45, 7) is 3.76. The first-order valence-corrected chi connectivity index (χ1v) is 3.34. The number of rotatable bonds is 1. The van der Waals surface area contributed by atoms with Crippen LogP contribution in [0.15, 0.2) is 12.2 Å². The molecule has 0 bridgehead atoms. The van der Waals surface area contributed by atoms with E-state index in [9.17, 15) is 4.79 Å². The van der Waals surface area contributed by atoms with Crippen LogP contribution in [0, 0.1) is 5.92 Å². The van der Waals surface area contributed by atoms with Gasteiger partial charge in [-0.3, -0.25) is 10.0 Å². The number of nitrogens with one attached hydrogen (secondary N) is 1. The van der Waals surface area contributed by atoms with Gasteiger partial charge in [0.05, 0.1) is 0 Å². The molecule has 0 aromatic heterocycles. The zero-order valence-electron chi connectivity index (χ0n) is 5.76. The third-order valence-electron chi connectivity index (χ3n) is 1.86. The highest BCUT2D eigenvalue weighted by Crippen LogP contribution is 2.28. The van der Waals surface area contributed by atoms with Crippen molar-refractivity contribution in [3.8, 4) is 0 Å². The Morgan fingerprint density at radius 1 is 1.80 bits per heavy atom. The lowest BCUT2D eigenvalue weighted by Gasteiger charge is -2.03. The highest BCUT2D eigenvalue weighted by molar-refractivity contribution is 5.78. The van der Waals surface area contributed by atoms with Crippen LogP contribution in [0.25, 0.3) is 0 Å². The summed E-state index contributed by atoms with van der Waals surface area (Å²) in [7, 11) is 0. The van der Waals surface area contributed by atoms with Crippen molar-refractivity contribution in [2.75, 3.05) is 0 Å². The summed E-state index contributed by atoms with van der Waals surface area (Å²) < 4.78 is 0. The molecule has 0 saturated heterocycles. The molecule has 1 unspecified atom stereocenters. The Hall–Kier alpha value is -0.830. The third kappa shape index (κ3) is 1.36. The number of carbonyl (C=O) groups is 1. The van der Waals surface area contributed by atoms with Crippen molar-refractivity contribution >= 4 is 5.91 Å². The summed E-state index contributed by atoms with van der Waals surface area (Å²) >= 11 is 0. The molecular formula is C7H11NO2. The van der Waals surface area contributed by atoms with E-state index < -0.39 is 0 Å². The molecule has 1 rings (SSSR count). The molecular weight excluding hydrogens is 130 g/mol. The minimum atomic E-state index is -0.279. The van der Waals surface area contributed by atoms with Crippen LogP contribution >= 0.6 is 0 Å². The normalized spacial score (nSPS) is 24.9. The van der Waals surface area contributed by atoms with Crippen LogP contribution in [0.1, 0.15) is 19.3 Å². The van der Waals surface area contributed by atoms with Crippen molar-refractivity contribution in [2.45, 2.75) is 19.3 Å². The van der Waals surface area contributed by atoms with E-state index in [4.69, 9.17) is 5.21 Å². The molecule has 3 heteroatoms. The minimum absolute atomic E-state index is 0.0440. The van der Waals surface area contributed by atoms with Crippen LogP contribution in [0.5, 0.6) is 0 Å². The zero-order chi connectivity index (χ0) is 7.56. The third-order valence-corrected chi connectivity index (χ3v) is 1.86. The molecule has 2 N–H and O–H groups in total. The lowest BCUT2D eigenvalue weighted by atomic mass is 10.1. The van der Waals surface area contributed by atoms with Gasteiger partial charge in [-0.15, -0.1) is 0 Å². The molecule has 0 heterocycles. The van der Waals surface area contributed by atoms with Gasteiger partial charge in [0, 0.05) is 5.92 Å². The lowest BCUT2D eigenvalue weighted by Crippen LogP contribution is -2.25. The van der Waals surface area contributed by atoms with Crippen LogP contribution < -0.4 is 5.48 Å².